The second-order valence-electron chi connectivity index (χ2n) is 8.99. The second-order valence-corrected chi connectivity index (χ2v) is 10.9. The minimum absolute atomic E-state index is 0.161. The Labute approximate surface area is 199 Å². The Kier molecular flexibility index (Phi) is 5.91. The van der Waals surface area contributed by atoms with E-state index in [-0.39, 0.29) is 16.7 Å². The molecule has 0 bridgehead atoms. The van der Waals surface area contributed by atoms with Crippen molar-refractivity contribution in [1.82, 2.24) is 9.78 Å². The Morgan fingerprint density at radius 3 is 2.68 bits per heavy atom. The number of hydrogen-bond acceptors (Lipinski definition) is 6. The van der Waals surface area contributed by atoms with Crippen molar-refractivity contribution in [2.75, 3.05) is 30.5 Å². The van der Waals surface area contributed by atoms with Gasteiger partial charge in [-0.2, -0.15) is 5.10 Å². The smallest absolute Gasteiger partial charge is 0.233 e. The van der Waals surface area contributed by atoms with Crippen LogP contribution in [-0.2, 0) is 26.4 Å². The molecule has 1 aromatic heterocycles. The number of amides is 1. The third-order valence-corrected chi connectivity index (χ3v) is 8.51. The quantitative estimate of drug-likeness (QED) is 0.596. The van der Waals surface area contributed by atoms with E-state index in [1.54, 1.807) is 54.3 Å². The molecule has 178 valence electrons. The Morgan fingerprint density at radius 1 is 1.15 bits per heavy atom. The number of aryl methyl sites for hydroxylation is 1. The number of benzene rings is 2. The fourth-order valence-electron chi connectivity index (χ4n) is 4.87. The summed E-state index contributed by atoms with van der Waals surface area (Å²) in [6.07, 6.45) is 4.36. The minimum Gasteiger partial charge on any atom is -0.381 e. The molecule has 3 heterocycles. The monoisotopic (exact) mass is 480 g/mol. The first-order chi connectivity index (χ1) is 16.3. The van der Waals surface area contributed by atoms with Crippen molar-refractivity contribution in [2.45, 2.75) is 35.0 Å². The maximum Gasteiger partial charge on any atom is 0.233 e. The Balaban J connectivity index is 1.53. The first kappa shape index (κ1) is 22.6. The zero-order valence-electron chi connectivity index (χ0n) is 19.3. The molecule has 0 aliphatic carbocycles. The van der Waals surface area contributed by atoms with E-state index in [1.165, 1.54) is 0 Å². The van der Waals surface area contributed by atoms with Gasteiger partial charge in [-0.25, -0.2) is 8.42 Å². The topological polar surface area (TPSA) is 93.5 Å². The van der Waals surface area contributed by atoms with Crippen molar-refractivity contribution in [1.29, 1.82) is 0 Å². The Bertz CT molecular complexity index is 1330. The van der Waals surface area contributed by atoms with Crippen LogP contribution in [0.4, 0.5) is 17.2 Å². The van der Waals surface area contributed by atoms with E-state index in [0.717, 1.165) is 25.0 Å². The molecule has 2 unspecified atom stereocenters. The highest BCUT2D eigenvalue weighted by Crippen LogP contribution is 2.44. The van der Waals surface area contributed by atoms with Gasteiger partial charge in [0.25, 0.3) is 0 Å². The fourth-order valence-corrected chi connectivity index (χ4v) is 6.56. The summed E-state index contributed by atoms with van der Waals surface area (Å²) in [4.78, 5) is 15.9. The molecule has 3 aromatic rings. The summed E-state index contributed by atoms with van der Waals surface area (Å²) >= 11 is 0. The largest absolute Gasteiger partial charge is 0.381 e. The molecule has 2 aliphatic heterocycles. The SMILES string of the molecule is CN1c2ccccc2S(=O)(=O)c2ccc(C(CC3CCCOC3)C(=O)Nc3ccn(C)n3)cc21. The molecule has 1 fully saturated rings. The number of carbonyl (C=O) groups excluding carboxylic acids is 1. The van der Waals surface area contributed by atoms with Gasteiger partial charge in [0.1, 0.15) is 0 Å². The Hall–Kier alpha value is -3.17. The van der Waals surface area contributed by atoms with E-state index in [9.17, 15) is 13.2 Å². The van der Waals surface area contributed by atoms with Gasteiger partial charge in [0, 0.05) is 39.6 Å². The molecule has 1 amide bonds. The lowest BCUT2D eigenvalue weighted by atomic mass is 9.85. The maximum absolute atomic E-state index is 13.4. The number of nitrogens with one attached hydrogen (secondary N) is 1. The van der Waals surface area contributed by atoms with Crippen molar-refractivity contribution < 1.29 is 17.9 Å². The predicted molar refractivity (Wildman–Crippen MR) is 129 cm³/mol. The van der Waals surface area contributed by atoms with Crippen molar-refractivity contribution in [3.63, 3.8) is 0 Å². The fraction of sp³-hybridized carbons (Fsp3) is 0.360. The van der Waals surface area contributed by atoms with Crippen molar-refractivity contribution >= 4 is 32.9 Å². The molecule has 9 heteroatoms. The van der Waals surface area contributed by atoms with Crippen molar-refractivity contribution in [3.05, 3.63) is 60.3 Å². The molecule has 2 aliphatic rings. The number of nitrogens with zero attached hydrogens (tertiary/aromatic N) is 3. The Morgan fingerprint density at radius 2 is 1.94 bits per heavy atom. The second kappa shape index (κ2) is 8.88. The zero-order chi connectivity index (χ0) is 23.9. The number of rotatable bonds is 5. The van der Waals surface area contributed by atoms with Crippen LogP contribution in [-0.4, -0.2) is 44.4 Å². The van der Waals surface area contributed by atoms with Crippen molar-refractivity contribution in [3.8, 4) is 0 Å². The zero-order valence-corrected chi connectivity index (χ0v) is 20.1. The van der Waals surface area contributed by atoms with E-state index < -0.39 is 15.8 Å². The summed E-state index contributed by atoms with van der Waals surface area (Å²) in [7, 11) is 0.00601. The van der Waals surface area contributed by atoms with Gasteiger partial charge in [-0.1, -0.05) is 18.2 Å². The highest BCUT2D eigenvalue weighted by molar-refractivity contribution is 7.92. The molecule has 34 heavy (non-hydrogen) atoms. The summed E-state index contributed by atoms with van der Waals surface area (Å²) in [6, 6.07) is 14.0. The van der Waals surface area contributed by atoms with E-state index in [4.69, 9.17) is 4.74 Å². The third-order valence-electron chi connectivity index (χ3n) is 6.66. The van der Waals surface area contributed by atoms with Gasteiger partial charge in [-0.3, -0.25) is 9.48 Å². The average molecular weight is 481 g/mol. The predicted octanol–water partition coefficient (Wildman–Crippen LogP) is 3.87. The molecule has 0 spiro atoms. The number of aromatic nitrogens is 2. The summed E-state index contributed by atoms with van der Waals surface area (Å²) in [5, 5.41) is 7.20. The highest BCUT2D eigenvalue weighted by Gasteiger charge is 2.34. The number of para-hydroxylation sites is 1. The van der Waals surface area contributed by atoms with Crippen molar-refractivity contribution in [2.24, 2.45) is 13.0 Å². The van der Waals surface area contributed by atoms with Gasteiger partial charge in [0.15, 0.2) is 5.82 Å². The lowest BCUT2D eigenvalue weighted by Crippen LogP contribution is -2.28. The molecule has 0 radical (unpaired) electrons. The van der Waals surface area contributed by atoms with E-state index in [0.29, 0.717) is 35.1 Å². The number of sulfone groups is 1. The molecule has 5 rings (SSSR count). The number of fused-ring (bicyclic) bond motifs is 2. The van der Waals surface area contributed by atoms with Crippen LogP contribution in [0.5, 0.6) is 0 Å². The third kappa shape index (κ3) is 4.10. The highest BCUT2D eigenvalue weighted by atomic mass is 32.2. The van der Waals surface area contributed by atoms with E-state index >= 15 is 0 Å². The molecule has 2 aromatic carbocycles. The summed E-state index contributed by atoms with van der Waals surface area (Å²) < 4.78 is 33.9. The molecule has 8 nitrogen and oxygen atoms in total. The number of ether oxygens (including phenoxy) is 1. The molecular formula is C25H28N4O4S. The van der Waals surface area contributed by atoms with Crippen LogP contribution in [0.25, 0.3) is 0 Å². The molecule has 1 saturated heterocycles. The van der Waals surface area contributed by atoms with Crippen LogP contribution < -0.4 is 10.2 Å². The standard InChI is InChI=1S/C25H28N4O4S/c1-28-12-11-24(27-28)26-25(30)19(14-17-6-5-13-33-16-17)18-9-10-23-21(15-18)29(2)20-7-3-4-8-22(20)34(23,31)32/h3-4,7-12,15,17,19H,5-6,13-14,16H2,1-2H3,(H,26,27,30). The van der Waals surface area contributed by atoms with Crippen LogP contribution in [0.2, 0.25) is 0 Å². The van der Waals surface area contributed by atoms with Gasteiger partial charge in [-0.05, 0) is 55.0 Å². The van der Waals surface area contributed by atoms with E-state index in [1.807, 2.05) is 24.1 Å². The van der Waals surface area contributed by atoms with Gasteiger partial charge < -0.3 is 15.0 Å². The van der Waals surface area contributed by atoms with Gasteiger partial charge >= 0.3 is 0 Å². The molecule has 1 N–H and O–H groups in total. The normalized spacial score (nSPS) is 19.7. The average Bonchev–Trinajstić information content (AvgIpc) is 3.26. The lowest BCUT2D eigenvalue weighted by molar-refractivity contribution is -0.118. The van der Waals surface area contributed by atoms with Gasteiger partial charge in [0.05, 0.1) is 27.1 Å². The molecular weight excluding hydrogens is 452 g/mol. The molecule has 0 saturated carbocycles. The van der Waals surface area contributed by atoms with E-state index in [2.05, 4.69) is 10.4 Å². The molecule has 2 atom stereocenters. The summed E-state index contributed by atoms with van der Waals surface area (Å²) in [5.74, 6) is 0.119. The maximum atomic E-state index is 13.4. The lowest BCUT2D eigenvalue weighted by Gasteiger charge is -2.31. The minimum atomic E-state index is -3.64. The summed E-state index contributed by atoms with van der Waals surface area (Å²) in [5.41, 5.74) is 1.98. The van der Waals surface area contributed by atoms with Crippen LogP contribution >= 0.6 is 0 Å². The van der Waals surface area contributed by atoms with Gasteiger partial charge in [0.2, 0.25) is 15.7 Å². The van der Waals surface area contributed by atoms with Crippen LogP contribution in [0.3, 0.4) is 0 Å². The first-order valence-electron chi connectivity index (χ1n) is 11.4. The number of anilines is 3. The van der Waals surface area contributed by atoms with Crippen LogP contribution in [0, 0.1) is 5.92 Å². The van der Waals surface area contributed by atoms with Crippen LogP contribution in [0.1, 0.15) is 30.7 Å². The number of carbonyl (C=O) groups is 1. The van der Waals surface area contributed by atoms with Gasteiger partial charge in [-0.15, -0.1) is 0 Å². The number of hydrogen-bond donors (Lipinski definition) is 1. The van der Waals surface area contributed by atoms with Crippen LogP contribution in [0.15, 0.2) is 64.5 Å². The summed E-state index contributed by atoms with van der Waals surface area (Å²) in [6.45, 7) is 1.38. The first-order valence-corrected chi connectivity index (χ1v) is 12.9.